The van der Waals surface area contributed by atoms with E-state index in [2.05, 4.69) is 22.1 Å². The number of nitrogens with zero attached hydrogens (tertiary/aromatic N) is 2. The van der Waals surface area contributed by atoms with Crippen LogP contribution in [0.4, 0.5) is 0 Å². The summed E-state index contributed by atoms with van der Waals surface area (Å²) in [6.07, 6.45) is 2.49. The third-order valence-corrected chi connectivity index (χ3v) is 5.11. The van der Waals surface area contributed by atoms with Crippen LogP contribution in [-0.4, -0.2) is 42.0 Å². The number of benzene rings is 1. The van der Waals surface area contributed by atoms with Gasteiger partial charge >= 0.3 is 0 Å². The van der Waals surface area contributed by atoms with E-state index in [1.807, 2.05) is 30.5 Å². The molecule has 0 radical (unpaired) electrons. The largest absolute Gasteiger partial charge is 0.496 e. The highest BCUT2D eigenvalue weighted by Gasteiger charge is 2.21. The van der Waals surface area contributed by atoms with Crippen molar-refractivity contribution in [3.8, 4) is 16.3 Å². The van der Waals surface area contributed by atoms with E-state index in [9.17, 15) is 4.79 Å². The molecule has 0 aliphatic carbocycles. The van der Waals surface area contributed by atoms with Crippen molar-refractivity contribution in [3.05, 3.63) is 35.3 Å². The van der Waals surface area contributed by atoms with E-state index in [1.54, 1.807) is 18.4 Å². The molecular weight excluding hydrogens is 310 g/mol. The summed E-state index contributed by atoms with van der Waals surface area (Å²) in [6, 6.07) is 8.26. The lowest BCUT2D eigenvalue weighted by Gasteiger charge is -2.25. The lowest BCUT2D eigenvalue weighted by molar-refractivity contribution is -0.120. The number of para-hydroxylation sites is 1. The van der Waals surface area contributed by atoms with E-state index in [0.29, 0.717) is 19.0 Å². The second-order valence-electron chi connectivity index (χ2n) is 5.71. The third-order valence-electron chi connectivity index (χ3n) is 4.09. The molecule has 1 aliphatic rings. The summed E-state index contributed by atoms with van der Waals surface area (Å²) < 4.78 is 5.41. The van der Waals surface area contributed by atoms with Crippen molar-refractivity contribution in [1.29, 1.82) is 0 Å². The van der Waals surface area contributed by atoms with Crippen LogP contribution >= 0.6 is 11.3 Å². The van der Waals surface area contributed by atoms with E-state index >= 15 is 0 Å². The van der Waals surface area contributed by atoms with Gasteiger partial charge in [0, 0.05) is 43.2 Å². The van der Waals surface area contributed by atoms with Crippen LogP contribution in [0.5, 0.6) is 5.75 Å². The van der Waals surface area contributed by atoms with Gasteiger partial charge in [0.2, 0.25) is 5.91 Å². The first-order valence-electron chi connectivity index (χ1n) is 7.76. The fourth-order valence-corrected chi connectivity index (χ4v) is 3.67. The molecule has 0 unspecified atom stereocenters. The maximum absolute atomic E-state index is 11.5. The van der Waals surface area contributed by atoms with Gasteiger partial charge in [-0.1, -0.05) is 12.1 Å². The summed E-state index contributed by atoms with van der Waals surface area (Å²) in [5, 5.41) is 3.91. The van der Waals surface area contributed by atoms with Gasteiger partial charge in [-0.05, 0) is 19.1 Å². The molecule has 5 nitrogen and oxygen atoms in total. The Morgan fingerprint density at radius 2 is 2.26 bits per heavy atom. The molecule has 1 aromatic carbocycles. The second-order valence-corrected chi connectivity index (χ2v) is 6.82. The minimum absolute atomic E-state index is 0.137. The Kier molecular flexibility index (Phi) is 4.93. The first kappa shape index (κ1) is 16.0. The molecule has 122 valence electrons. The molecular formula is C17H21N3O2S. The van der Waals surface area contributed by atoms with Crippen molar-refractivity contribution in [2.45, 2.75) is 25.9 Å². The summed E-state index contributed by atoms with van der Waals surface area (Å²) in [7, 11) is 1.68. The van der Waals surface area contributed by atoms with Crippen LogP contribution in [0.3, 0.4) is 0 Å². The van der Waals surface area contributed by atoms with E-state index in [0.717, 1.165) is 29.4 Å². The monoisotopic (exact) mass is 331 g/mol. The number of amides is 1. The second kappa shape index (κ2) is 7.10. The van der Waals surface area contributed by atoms with Crippen molar-refractivity contribution < 1.29 is 9.53 Å². The quantitative estimate of drug-likeness (QED) is 0.935. The average Bonchev–Trinajstić information content (AvgIpc) is 2.98. The first-order valence-corrected chi connectivity index (χ1v) is 8.58. The maximum atomic E-state index is 11.5. The Bertz CT molecular complexity index is 686. The van der Waals surface area contributed by atoms with Crippen LogP contribution in [0.25, 0.3) is 10.6 Å². The SMILES string of the molecule is COc1ccccc1-c1ncc(CN2CCC(=O)NC[C@@H]2C)s1. The van der Waals surface area contributed by atoms with E-state index < -0.39 is 0 Å². The van der Waals surface area contributed by atoms with Crippen LogP contribution in [0.15, 0.2) is 30.5 Å². The standard InChI is InChI=1S/C17H21N3O2S/c1-12-9-18-16(21)7-8-20(12)11-13-10-19-17(23-13)14-5-3-4-6-15(14)22-2/h3-6,10,12H,7-9,11H2,1-2H3,(H,18,21)/t12-/m0/s1. The fraction of sp³-hybridized carbons (Fsp3) is 0.412. The van der Waals surface area contributed by atoms with Crippen LogP contribution in [0, 0.1) is 0 Å². The summed E-state index contributed by atoms with van der Waals surface area (Å²) in [5.74, 6) is 0.977. The number of carbonyl (C=O) groups is 1. The zero-order valence-electron chi connectivity index (χ0n) is 13.4. The predicted octanol–water partition coefficient (Wildman–Crippen LogP) is 2.53. The summed E-state index contributed by atoms with van der Waals surface area (Å²) in [4.78, 5) is 19.6. The molecule has 3 rings (SSSR count). The number of carbonyl (C=O) groups excluding carboxylic acids is 1. The Morgan fingerprint density at radius 1 is 1.43 bits per heavy atom. The Morgan fingerprint density at radius 3 is 3.09 bits per heavy atom. The van der Waals surface area contributed by atoms with Crippen LogP contribution in [0.2, 0.25) is 0 Å². The van der Waals surface area contributed by atoms with Crippen molar-refractivity contribution >= 4 is 17.2 Å². The van der Waals surface area contributed by atoms with Gasteiger partial charge in [-0.2, -0.15) is 0 Å². The van der Waals surface area contributed by atoms with Crippen LogP contribution < -0.4 is 10.1 Å². The lowest BCUT2D eigenvalue weighted by Crippen LogP contribution is -2.37. The molecule has 1 fully saturated rings. The number of rotatable bonds is 4. The average molecular weight is 331 g/mol. The summed E-state index contributed by atoms with van der Waals surface area (Å²) >= 11 is 1.68. The highest BCUT2D eigenvalue weighted by molar-refractivity contribution is 7.15. The minimum atomic E-state index is 0.137. The number of aromatic nitrogens is 1. The number of hydrogen-bond acceptors (Lipinski definition) is 5. The zero-order valence-corrected chi connectivity index (χ0v) is 14.2. The number of thiazole rings is 1. The van der Waals surface area contributed by atoms with Gasteiger partial charge in [-0.25, -0.2) is 4.98 Å². The minimum Gasteiger partial charge on any atom is -0.496 e. The highest BCUT2D eigenvalue weighted by Crippen LogP contribution is 2.33. The summed E-state index contributed by atoms with van der Waals surface area (Å²) in [5.41, 5.74) is 1.02. The molecule has 1 aromatic heterocycles. The van der Waals surface area contributed by atoms with Gasteiger partial charge in [-0.3, -0.25) is 9.69 Å². The van der Waals surface area contributed by atoms with E-state index in [4.69, 9.17) is 4.74 Å². The number of hydrogen-bond donors (Lipinski definition) is 1. The molecule has 0 bridgehead atoms. The highest BCUT2D eigenvalue weighted by atomic mass is 32.1. The van der Waals surface area contributed by atoms with Gasteiger partial charge < -0.3 is 10.1 Å². The molecule has 2 aromatic rings. The lowest BCUT2D eigenvalue weighted by atomic mass is 10.2. The zero-order chi connectivity index (χ0) is 16.2. The van der Waals surface area contributed by atoms with Crippen molar-refractivity contribution in [2.24, 2.45) is 0 Å². The van der Waals surface area contributed by atoms with Crippen molar-refractivity contribution in [3.63, 3.8) is 0 Å². The molecule has 1 saturated heterocycles. The van der Waals surface area contributed by atoms with Gasteiger partial charge in [0.05, 0.1) is 12.7 Å². The topological polar surface area (TPSA) is 54.5 Å². The number of nitrogens with one attached hydrogen (secondary N) is 1. The van der Waals surface area contributed by atoms with E-state index in [1.165, 1.54) is 4.88 Å². The third kappa shape index (κ3) is 3.71. The molecule has 23 heavy (non-hydrogen) atoms. The van der Waals surface area contributed by atoms with Crippen molar-refractivity contribution in [2.75, 3.05) is 20.2 Å². The summed E-state index contributed by atoms with van der Waals surface area (Å²) in [6.45, 7) is 4.46. The van der Waals surface area contributed by atoms with Crippen molar-refractivity contribution in [1.82, 2.24) is 15.2 Å². The molecule has 0 spiro atoms. The van der Waals surface area contributed by atoms with Crippen LogP contribution in [-0.2, 0) is 11.3 Å². The molecule has 1 N–H and O–H groups in total. The van der Waals surface area contributed by atoms with E-state index in [-0.39, 0.29) is 5.91 Å². The molecule has 1 atom stereocenters. The van der Waals surface area contributed by atoms with Gasteiger partial charge in [0.25, 0.3) is 0 Å². The molecule has 2 heterocycles. The van der Waals surface area contributed by atoms with Gasteiger partial charge in [-0.15, -0.1) is 11.3 Å². The Labute approximate surface area is 140 Å². The smallest absolute Gasteiger partial charge is 0.221 e. The fourth-order valence-electron chi connectivity index (χ4n) is 2.71. The Hall–Kier alpha value is -1.92. The normalized spacial score (nSPS) is 19.2. The van der Waals surface area contributed by atoms with Gasteiger partial charge in [0.15, 0.2) is 0 Å². The molecule has 1 amide bonds. The maximum Gasteiger partial charge on any atom is 0.221 e. The molecule has 1 aliphatic heterocycles. The first-order chi connectivity index (χ1) is 11.2. The molecule has 0 saturated carbocycles. The van der Waals surface area contributed by atoms with Gasteiger partial charge in [0.1, 0.15) is 10.8 Å². The molecule has 6 heteroatoms. The predicted molar refractivity (Wildman–Crippen MR) is 91.6 cm³/mol. The number of ether oxygens (including phenoxy) is 1. The Balaban J connectivity index is 1.75. The number of methoxy groups -OCH3 is 1. The van der Waals surface area contributed by atoms with Crippen LogP contribution in [0.1, 0.15) is 18.2 Å².